The highest BCUT2D eigenvalue weighted by Crippen LogP contribution is 2.25. The van der Waals surface area contributed by atoms with Gasteiger partial charge < -0.3 is 5.73 Å². The van der Waals surface area contributed by atoms with Gasteiger partial charge in [0, 0.05) is 16.3 Å². The van der Waals surface area contributed by atoms with Gasteiger partial charge in [-0.05, 0) is 30.7 Å². The summed E-state index contributed by atoms with van der Waals surface area (Å²) in [6.07, 6.45) is 3.26. The Morgan fingerprint density at radius 2 is 2.12 bits per heavy atom. The molecule has 3 nitrogen and oxygen atoms in total. The Bertz CT molecular complexity index is 514. The molecule has 0 atom stereocenters. The van der Waals surface area contributed by atoms with Gasteiger partial charge in [0.25, 0.3) is 0 Å². The number of aromatic nitrogens is 2. The number of thioether (sulfide) groups is 1. The van der Waals surface area contributed by atoms with Crippen LogP contribution in [0.25, 0.3) is 0 Å². The zero-order chi connectivity index (χ0) is 12.3. The molecular formula is C12H12ClN3S. The summed E-state index contributed by atoms with van der Waals surface area (Å²) >= 11 is 7.37. The zero-order valence-electron chi connectivity index (χ0n) is 9.35. The van der Waals surface area contributed by atoms with Gasteiger partial charge in [0.2, 0.25) is 0 Å². The maximum Gasteiger partial charge on any atom is 0.147 e. The summed E-state index contributed by atoms with van der Waals surface area (Å²) in [6.45, 7) is 2.00. The summed E-state index contributed by atoms with van der Waals surface area (Å²) in [4.78, 5) is 9.36. The summed E-state index contributed by atoms with van der Waals surface area (Å²) in [6, 6.07) is 6.00. The summed E-state index contributed by atoms with van der Waals surface area (Å²) < 4.78 is 0. The van der Waals surface area contributed by atoms with Gasteiger partial charge in [0.05, 0.1) is 18.1 Å². The molecule has 2 N–H and O–H groups in total. The fraction of sp³-hybridized carbons (Fsp3) is 0.167. The highest BCUT2D eigenvalue weighted by atomic mass is 35.5. The number of halogens is 1. The molecule has 0 radical (unpaired) electrons. The van der Waals surface area contributed by atoms with Crippen molar-refractivity contribution in [2.45, 2.75) is 17.6 Å². The van der Waals surface area contributed by atoms with E-state index in [0.717, 1.165) is 22.7 Å². The molecule has 0 saturated carbocycles. The predicted octanol–water partition coefficient (Wildman–Crippen LogP) is 3.31. The van der Waals surface area contributed by atoms with Crippen LogP contribution in [0.4, 0.5) is 5.69 Å². The fourth-order valence-corrected chi connectivity index (χ4v) is 2.29. The molecule has 0 fully saturated rings. The van der Waals surface area contributed by atoms with Crippen molar-refractivity contribution in [1.82, 2.24) is 9.97 Å². The third kappa shape index (κ3) is 3.35. The molecule has 0 aliphatic carbocycles. The van der Waals surface area contributed by atoms with Crippen molar-refractivity contribution in [3.63, 3.8) is 0 Å². The van der Waals surface area contributed by atoms with E-state index in [2.05, 4.69) is 16.0 Å². The Hall–Kier alpha value is -1.26. The molecule has 2 rings (SSSR count). The lowest BCUT2D eigenvalue weighted by atomic mass is 10.2. The number of aryl methyl sites for hydroxylation is 1. The quantitative estimate of drug-likeness (QED) is 0.683. The number of anilines is 1. The van der Waals surface area contributed by atoms with E-state index in [1.54, 1.807) is 24.2 Å². The number of nitrogen functional groups attached to an aromatic ring is 1. The first kappa shape index (κ1) is 12.2. The third-order valence-electron chi connectivity index (χ3n) is 2.30. The second kappa shape index (κ2) is 5.38. The summed E-state index contributed by atoms with van der Waals surface area (Å²) in [5, 5.41) is 0.419. The van der Waals surface area contributed by atoms with Crippen molar-refractivity contribution in [3.8, 4) is 0 Å². The Morgan fingerprint density at radius 1 is 1.29 bits per heavy atom. The molecule has 0 aliphatic heterocycles. The molecule has 1 aromatic carbocycles. The first-order valence-electron chi connectivity index (χ1n) is 5.10. The molecule has 0 saturated heterocycles. The molecular weight excluding hydrogens is 254 g/mol. The lowest BCUT2D eigenvalue weighted by Gasteiger charge is -2.04. The first-order valence-corrected chi connectivity index (χ1v) is 6.47. The van der Waals surface area contributed by atoms with E-state index < -0.39 is 0 Å². The molecule has 0 spiro atoms. The van der Waals surface area contributed by atoms with Crippen molar-refractivity contribution in [2.24, 2.45) is 0 Å². The van der Waals surface area contributed by atoms with Crippen LogP contribution in [0.3, 0.4) is 0 Å². The van der Waals surface area contributed by atoms with Gasteiger partial charge in [0.15, 0.2) is 0 Å². The molecule has 0 aliphatic rings. The van der Waals surface area contributed by atoms with E-state index >= 15 is 0 Å². The Kier molecular flexibility index (Phi) is 3.86. The maximum atomic E-state index is 5.77. The molecule has 17 heavy (non-hydrogen) atoms. The molecule has 5 heteroatoms. The van der Waals surface area contributed by atoms with Crippen molar-refractivity contribution < 1.29 is 0 Å². The number of nitrogens with zero attached hydrogens (tertiary/aromatic N) is 2. The number of nitrogens with two attached hydrogens (primary N) is 1. The molecule has 0 unspecified atom stereocenters. The average molecular weight is 266 g/mol. The van der Waals surface area contributed by atoms with Gasteiger partial charge in [0.1, 0.15) is 5.15 Å². The number of benzene rings is 1. The monoisotopic (exact) mass is 265 g/mol. The summed E-state index contributed by atoms with van der Waals surface area (Å²) in [7, 11) is 0. The Morgan fingerprint density at radius 3 is 2.76 bits per heavy atom. The van der Waals surface area contributed by atoms with Crippen LogP contribution in [0.2, 0.25) is 5.15 Å². The van der Waals surface area contributed by atoms with Crippen LogP contribution in [0, 0.1) is 6.92 Å². The van der Waals surface area contributed by atoms with Crippen LogP contribution in [-0.4, -0.2) is 9.97 Å². The normalized spacial score (nSPS) is 10.5. The second-order valence-electron chi connectivity index (χ2n) is 3.64. The predicted molar refractivity (Wildman–Crippen MR) is 72.2 cm³/mol. The topological polar surface area (TPSA) is 51.8 Å². The van der Waals surface area contributed by atoms with Crippen LogP contribution in [0.5, 0.6) is 0 Å². The van der Waals surface area contributed by atoms with E-state index in [1.807, 2.05) is 19.1 Å². The van der Waals surface area contributed by atoms with Gasteiger partial charge in [-0.2, -0.15) is 0 Å². The lowest BCUT2D eigenvalue weighted by molar-refractivity contribution is 1.10. The lowest BCUT2D eigenvalue weighted by Crippen LogP contribution is -1.90. The summed E-state index contributed by atoms with van der Waals surface area (Å²) in [5.41, 5.74) is 8.59. The molecule has 88 valence electrons. The SMILES string of the molecule is Cc1cc(SCc2cnc(Cl)cn2)ccc1N. The number of rotatable bonds is 3. The van der Waals surface area contributed by atoms with Crippen LogP contribution >= 0.6 is 23.4 Å². The van der Waals surface area contributed by atoms with Crippen LogP contribution in [0.15, 0.2) is 35.5 Å². The minimum absolute atomic E-state index is 0.419. The van der Waals surface area contributed by atoms with Gasteiger partial charge >= 0.3 is 0 Å². The number of hydrogen-bond donors (Lipinski definition) is 1. The fourth-order valence-electron chi connectivity index (χ4n) is 1.31. The van der Waals surface area contributed by atoms with Gasteiger partial charge in [-0.1, -0.05) is 11.6 Å². The van der Waals surface area contributed by atoms with Crippen LogP contribution < -0.4 is 5.73 Å². The minimum atomic E-state index is 0.419. The van der Waals surface area contributed by atoms with Crippen molar-refractivity contribution in [3.05, 3.63) is 47.0 Å². The molecule has 1 aromatic heterocycles. The van der Waals surface area contributed by atoms with E-state index in [0.29, 0.717) is 5.15 Å². The van der Waals surface area contributed by atoms with E-state index in [1.165, 1.54) is 4.90 Å². The highest BCUT2D eigenvalue weighted by Gasteiger charge is 2.00. The molecule has 1 heterocycles. The van der Waals surface area contributed by atoms with E-state index in [-0.39, 0.29) is 0 Å². The molecule has 2 aromatic rings. The maximum absolute atomic E-state index is 5.77. The second-order valence-corrected chi connectivity index (χ2v) is 5.07. The highest BCUT2D eigenvalue weighted by molar-refractivity contribution is 7.98. The minimum Gasteiger partial charge on any atom is -0.399 e. The number of hydrogen-bond acceptors (Lipinski definition) is 4. The average Bonchev–Trinajstić information content (AvgIpc) is 2.33. The third-order valence-corrected chi connectivity index (χ3v) is 3.52. The van der Waals surface area contributed by atoms with Gasteiger partial charge in [-0.3, -0.25) is 4.98 Å². The smallest absolute Gasteiger partial charge is 0.147 e. The van der Waals surface area contributed by atoms with Crippen molar-refractivity contribution in [2.75, 3.05) is 5.73 Å². The zero-order valence-corrected chi connectivity index (χ0v) is 10.9. The molecule has 0 bridgehead atoms. The first-order chi connectivity index (χ1) is 8.15. The van der Waals surface area contributed by atoms with Crippen LogP contribution in [0.1, 0.15) is 11.3 Å². The van der Waals surface area contributed by atoms with Gasteiger partial charge in [-0.15, -0.1) is 11.8 Å². The Balaban J connectivity index is 2.02. The van der Waals surface area contributed by atoms with Crippen molar-refractivity contribution >= 4 is 29.1 Å². The Labute approximate surface area is 109 Å². The van der Waals surface area contributed by atoms with E-state index in [4.69, 9.17) is 17.3 Å². The van der Waals surface area contributed by atoms with Crippen LogP contribution in [-0.2, 0) is 5.75 Å². The van der Waals surface area contributed by atoms with Gasteiger partial charge in [-0.25, -0.2) is 4.98 Å². The molecule has 0 amide bonds. The standard InChI is InChI=1S/C12H12ClN3S/c1-8-4-10(2-3-11(8)14)17-7-9-5-16-12(13)6-15-9/h2-6H,7,14H2,1H3. The van der Waals surface area contributed by atoms with E-state index in [9.17, 15) is 0 Å². The summed E-state index contributed by atoms with van der Waals surface area (Å²) in [5.74, 6) is 0.771. The van der Waals surface area contributed by atoms with Crippen molar-refractivity contribution in [1.29, 1.82) is 0 Å². The largest absolute Gasteiger partial charge is 0.399 e.